The lowest BCUT2D eigenvalue weighted by molar-refractivity contribution is -0.140. The predicted molar refractivity (Wildman–Crippen MR) is 117 cm³/mol. The van der Waals surface area contributed by atoms with Crippen LogP contribution in [0.3, 0.4) is 0 Å². The number of hydrogen-bond acceptors (Lipinski definition) is 8. The first kappa shape index (κ1) is 23.4. The van der Waals surface area contributed by atoms with E-state index >= 15 is 0 Å². The monoisotopic (exact) mass is 463 g/mol. The number of carbonyl (C=O) groups is 4. The van der Waals surface area contributed by atoms with E-state index in [0.717, 1.165) is 16.9 Å². The maximum Gasteiger partial charge on any atom is 0.326 e. The average Bonchev–Trinajstić information content (AvgIpc) is 3.10. The number of nitrogens with zero attached hydrogens (tertiary/aromatic N) is 2. The molecule has 0 bridgehead atoms. The third-order valence-corrected chi connectivity index (χ3v) is 6.76. The summed E-state index contributed by atoms with van der Waals surface area (Å²) in [7, 11) is 0. The molecule has 0 aliphatic carbocycles. The van der Waals surface area contributed by atoms with Crippen LogP contribution in [0.2, 0.25) is 0 Å². The van der Waals surface area contributed by atoms with Gasteiger partial charge in [0, 0.05) is 17.8 Å². The molecule has 0 fully saturated rings. The fourth-order valence-electron chi connectivity index (χ4n) is 3.73. The van der Waals surface area contributed by atoms with Gasteiger partial charge in [-0.2, -0.15) is 4.99 Å². The fourth-order valence-corrected chi connectivity index (χ4v) is 4.82. The van der Waals surface area contributed by atoms with Gasteiger partial charge in [0.1, 0.15) is 11.9 Å². The first-order valence-corrected chi connectivity index (χ1v) is 11.0. The van der Waals surface area contributed by atoms with Crippen LogP contribution in [0.5, 0.6) is 0 Å². The topological polar surface area (TPSA) is 184 Å². The zero-order chi connectivity index (χ0) is 23.4. The number of guanidine groups is 1. The zero-order valence-corrected chi connectivity index (χ0v) is 18.3. The molecule has 12 heteroatoms. The molecular formula is C20H25N5O6S. The molecule has 6 N–H and O–H groups in total. The number of nitrogens with two attached hydrogens (primary N) is 1. The first-order chi connectivity index (χ1) is 15.1. The number of aliphatic carboxylic acids is 2. The number of amides is 2. The minimum atomic E-state index is -1.27. The van der Waals surface area contributed by atoms with Crippen LogP contribution in [0.1, 0.15) is 45.8 Å². The van der Waals surface area contributed by atoms with Gasteiger partial charge < -0.3 is 21.3 Å². The maximum atomic E-state index is 12.5. The molecule has 3 rings (SSSR count). The van der Waals surface area contributed by atoms with Gasteiger partial charge in [0.05, 0.1) is 10.8 Å². The number of aryl methyl sites for hydroxylation is 2. The molecule has 0 saturated carbocycles. The minimum Gasteiger partial charge on any atom is -0.481 e. The Morgan fingerprint density at radius 1 is 1.38 bits per heavy atom. The Morgan fingerprint density at radius 3 is 2.81 bits per heavy atom. The van der Waals surface area contributed by atoms with E-state index in [1.807, 2.05) is 6.92 Å². The number of carboxylic acid groups (broad SMARTS) is 2. The van der Waals surface area contributed by atoms with Crippen molar-refractivity contribution in [3.8, 4) is 0 Å². The summed E-state index contributed by atoms with van der Waals surface area (Å²) in [5.41, 5.74) is 6.49. The highest BCUT2D eigenvalue weighted by molar-refractivity contribution is 7.14. The Balaban J connectivity index is 1.59. The van der Waals surface area contributed by atoms with Crippen LogP contribution in [0.4, 0.5) is 0 Å². The molecule has 2 amide bonds. The average molecular weight is 464 g/mol. The molecule has 0 aromatic carbocycles. The highest BCUT2D eigenvalue weighted by Gasteiger charge is 2.34. The third kappa shape index (κ3) is 5.69. The normalized spacial score (nSPS) is 21.0. The fraction of sp³-hybridized carbons (Fsp3) is 0.500. The summed E-state index contributed by atoms with van der Waals surface area (Å²) in [5, 5.41) is 22.9. The summed E-state index contributed by atoms with van der Waals surface area (Å²) in [6.07, 6.45) is 1.55. The number of carboxylic acids is 2. The van der Waals surface area contributed by atoms with E-state index in [0.29, 0.717) is 30.1 Å². The Hall–Kier alpha value is -3.28. The maximum absolute atomic E-state index is 12.5. The quantitative estimate of drug-likeness (QED) is 0.353. The third-order valence-electron chi connectivity index (χ3n) is 5.47. The van der Waals surface area contributed by atoms with E-state index < -0.39 is 29.8 Å². The van der Waals surface area contributed by atoms with Gasteiger partial charge in [-0.1, -0.05) is 0 Å². The molecule has 0 saturated heterocycles. The molecule has 2 aliphatic rings. The Kier molecular flexibility index (Phi) is 7.23. The number of fused-ring (bicyclic) bond motifs is 1. The van der Waals surface area contributed by atoms with E-state index in [4.69, 9.17) is 10.8 Å². The summed E-state index contributed by atoms with van der Waals surface area (Å²) in [6.45, 7) is 2.43. The number of aliphatic imine (C=N–C) groups is 2. The number of carbonyl (C=O) groups excluding carboxylic acids is 2. The van der Waals surface area contributed by atoms with Crippen LogP contribution in [0.25, 0.3) is 0 Å². The van der Waals surface area contributed by atoms with Crippen molar-refractivity contribution in [3.05, 3.63) is 21.4 Å². The van der Waals surface area contributed by atoms with Crippen molar-refractivity contribution >= 4 is 46.9 Å². The molecule has 3 atom stereocenters. The number of amidine groups is 1. The molecule has 32 heavy (non-hydrogen) atoms. The molecule has 1 aromatic heterocycles. The van der Waals surface area contributed by atoms with Crippen LogP contribution in [0, 0.1) is 18.8 Å². The van der Waals surface area contributed by atoms with Gasteiger partial charge in [-0.25, -0.2) is 4.79 Å². The largest absolute Gasteiger partial charge is 0.481 e. The van der Waals surface area contributed by atoms with E-state index in [1.54, 1.807) is 6.07 Å². The lowest BCUT2D eigenvalue weighted by atomic mass is 9.86. The number of hydrogen-bond donors (Lipinski definition) is 5. The van der Waals surface area contributed by atoms with Crippen molar-refractivity contribution in [1.82, 2.24) is 10.6 Å². The summed E-state index contributed by atoms with van der Waals surface area (Å²) in [4.78, 5) is 56.5. The van der Waals surface area contributed by atoms with Crippen LogP contribution in [-0.4, -0.2) is 58.3 Å². The van der Waals surface area contributed by atoms with E-state index in [2.05, 4.69) is 20.6 Å². The van der Waals surface area contributed by atoms with E-state index in [9.17, 15) is 24.3 Å². The van der Waals surface area contributed by atoms with Crippen molar-refractivity contribution < 1.29 is 29.4 Å². The smallest absolute Gasteiger partial charge is 0.326 e. The zero-order valence-electron chi connectivity index (χ0n) is 17.5. The SMILES string of the molecule is Cc1cc(C(=O)NC(CCC(=O)O)C(=O)O)sc1CCC1CN=C2N=C(N)NC(=O)C2C1. The van der Waals surface area contributed by atoms with Gasteiger partial charge >= 0.3 is 11.9 Å². The van der Waals surface area contributed by atoms with E-state index in [1.165, 1.54) is 11.3 Å². The molecule has 172 valence electrons. The van der Waals surface area contributed by atoms with Crippen LogP contribution in [-0.2, 0) is 20.8 Å². The van der Waals surface area contributed by atoms with Crippen molar-refractivity contribution in [2.24, 2.45) is 27.6 Å². The molecule has 2 aliphatic heterocycles. The molecule has 1 aromatic rings. The van der Waals surface area contributed by atoms with Crippen LogP contribution >= 0.6 is 11.3 Å². The minimum absolute atomic E-state index is 0.0663. The molecular weight excluding hydrogens is 438 g/mol. The second-order valence-corrected chi connectivity index (χ2v) is 9.03. The number of thiophene rings is 1. The predicted octanol–water partition coefficient (Wildman–Crippen LogP) is 0.516. The van der Waals surface area contributed by atoms with Gasteiger partial charge in [-0.3, -0.25) is 24.7 Å². The summed E-state index contributed by atoms with van der Waals surface area (Å²) in [5.74, 6) is -2.79. The molecule has 11 nitrogen and oxygen atoms in total. The second-order valence-electron chi connectivity index (χ2n) is 7.89. The molecule has 3 unspecified atom stereocenters. The van der Waals surface area contributed by atoms with Gasteiger partial charge in [0.25, 0.3) is 5.91 Å². The van der Waals surface area contributed by atoms with Gasteiger partial charge in [-0.15, -0.1) is 11.3 Å². The summed E-state index contributed by atoms with van der Waals surface area (Å²) < 4.78 is 0. The summed E-state index contributed by atoms with van der Waals surface area (Å²) >= 11 is 1.28. The Morgan fingerprint density at radius 2 is 2.12 bits per heavy atom. The Bertz CT molecular complexity index is 1000. The van der Waals surface area contributed by atoms with Crippen LogP contribution in [0.15, 0.2) is 16.1 Å². The Labute approximate surface area is 187 Å². The number of nitrogens with one attached hydrogen (secondary N) is 2. The lowest BCUT2D eigenvalue weighted by Gasteiger charge is -2.29. The molecule has 3 heterocycles. The first-order valence-electron chi connectivity index (χ1n) is 10.2. The molecule has 0 radical (unpaired) electrons. The second kappa shape index (κ2) is 9.90. The highest BCUT2D eigenvalue weighted by atomic mass is 32.1. The van der Waals surface area contributed by atoms with Gasteiger partial charge in [0.15, 0.2) is 0 Å². The van der Waals surface area contributed by atoms with E-state index in [-0.39, 0.29) is 30.6 Å². The van der Waals surface area contributed by atoms with Crippen molar-refractivity contribution in [2.75, 3.05) is 6.54 Å². The highest BCUT2D eigenvalue weighted by Crippen LogP contribution is 2.29. The standard InChI is InChI=1S/C20H25N5O6S/c1-9-6-14(18(29)23-12(19(30)31)3-5-15(26)27)32-13(9)4-2-10-7-11-16(22-8-10)24-20(21)25-17(11)28/h6,10-12H,2-5,7-8H2,1H3,(H,23,29)(H,26,27)(H,30,31)(H3,21,22,24,25,28). The number of rotatable bonds is 9. The van der Waals surface area contributed by atoms with Crippen molar-refractivity contribution in [2.45, 2.75) is 45.1 Å². The summed E-state index contributed by atoms with van der Waals surface area (Å²) in [6, 6.07) is 0.436. The van der Waals surface area contributed by atoms with Crippen molar-refractivity contribution in [3.63, 3.8) is 0 Å². The van der Waals surface area contributed by atoms with Gasteiger partial charge in [0.2, 0.25) is 11.9 Å². The molecule has 0 spiro atoms. The lowest BCUT2D eigenvalue weighted by Crippen LogP contribution is -2.49. The van der Waals surface area contributed by atoms with Crippen molar-refractivity contribution in [1.29, 1.82) is 0 Å². The van der Waals surface area contributed by atoms with Crippen LogP contribution < -0.4 is 16.4 Å². The van der Waals surface area contributed by atoms with Gasteiger partial charge in [-0.05, 0) is 50.2 Å².